The fourth-order valence-corrected chi connectivity index (χ4v) is 4.13. The van der Waals surface area contributed by atoms with Crippen molar-refractivity contribution in [2.45, 2.75) is 38.1 Å². The molecule has 3 heteroatoms. The number of hydrogen-bond donors (Lipinski definition) is 2. The van der Waals surface area contributed by atoms with Gasteiger partial charge in [-0.05, 0) is 42.9 Å². The molecular formula is C16H20N3. The number of para-hydroxylation sites is 1. The third-order valence-electron chi connectivity index (χ3n) is 5.04. The molecule has 0 bridgehead atoms. The van der Waals surface area contributed by atoms with Crippen molar-refractivity contribution in [2.75, 3.05) is 6.54 Å². The Morgan fingerprint density at radius 3 is 3.11 bits per heavy atom. The van der Waals surface area contributed by atoms with E-state index in [1.165, 1.54) is 37.7 Å². The SMILES string of the molecule is [c]1nc2c(C3NCCC4CCCCC43)cccc2[nH]1. The van der Waals surface area contributed by atoms with Gasteiger partial charge in [0, 0.05) is 6.04 Å². The lowest BCUT2D eigenvalue weighted by atomic mass is 9.70. The summed E-state index contributed by atoms with van der Waals surface area (Å²) in [5, 5.41) is 3.75. The average Bonchev–Trinajstić information content (AvgIpc) is 2.95. The van der Waals surface area contributed by atoms with Crippen LogP contribution in [0.1, 0.15) is 43.7 Å². The first kappa shape index (κ1) is 11.5. The van der Waals surface area contributed by atoms with Gasteiger partial charge in [-0.15, -0.1) is 0 Å². The highest BCUT2D eigenvalue weighted by atomic mass is 15.0. The maximum Gasteiger partial charge on any atom is 0.174 e. The lowest BCUT2D eigenvalue weighted by molar-refractivity contribution is 0.135. The molecule has 2 N–H and O–H groups in total. The van der Waals surface area contributed by atoms with Crippen LogP contribution < -0.4 is 5.32 Å². The first-order chi connectivity index (χ1) is 9.43. The van der Waals surface area contributed by atoms with Crippen LogP contribution in [0.2, 0.25) is 0 Å². The molecule has 2 heterocycles. The van der Waals surface area contributed by atoms with Gasteiger partial charge in [-0.25, -0.2) is 4.98 Å². The summed E-state index contributed by atoms with van der Waals surface area (Å²) in [6, 6.07) is 6.95. The van der Waals surface area contributed by atoms with Gasteiger partial charge in [-0.1, -0.05) is 31.4 Å². The molecule has 3 atom stereocenters. The number of piperidine rings is 1. The second-order valence-corrected chi connectivity index (χ2v) is 6.02. The topological polar surface area (TPSA) is 40.7 Å². The Morgan fingerprint density at radius 2 is 2.11 bits per heavy atom. The van der Waals surface area contributed by atoms with Gasteiger partial charge in [0.15, 0.2) is 6.33 Å². The highest BCUT2D eigenvalue weighted by Gasteiger charge is 2.36. The molecule has 1 saturated carbocycles. The van der Waals surface area contributed by atoms with Crippen molar-refractivity contribution >= 4 is 11.0 Å². The van der Waals surface area contributed by atoms with Crippen LogP contribution in [0.5, 0.6) is 0 Å². The van der Waals surface area contributed by atoms with Crippen molar-refractivity contribution in [3.05, 3.63) is 30.1 Å². The smallest absolute Gasteiger partial charge is 0.174 e. The summed E-state index contributed by atoms with van der Waals surface area (Å²) in [6.45, 7) is 1.15. The predicted molar refractivity (Wildman–Crippen MR) is 75.7 cm³/mol. The molecule has 3 unspecified atom stereocenters. The number of nitrogens with one attached hydrogen (secondary N) is 2. The number of imidazole rings is 1. The molecule has 1 aliphatic heterocycles. The highest BCUT2D eigenvalue weighted by Crippen LogP contribution is 2.43. The molecule has 1 saturated heterocycles. The van der Waals surface area contributed by atoms with E-state index in [-0.39, 0.29) is 0 Å². The minimum Gasteiger partial charge on any atom is -0.335 e. The second-order valence-electron chi connectivity index (χ2n) is 6.02. The molecule has 2 aromatic rings. The Kier molecular flexibility index (Phi) is 2.80. The van der Waals surface area contributed by atoms with Gasteiger partial charge < -0.3 is 10.3 Å². The molecule has 2 aliphatic rings. The van der Waals surface area contributed by atoms with Gasteiger partial charge in [0.05, 0.1) is 11.0 Å². The van der Waals surface area contributed by atoms with E-state index in [9.17, 15) is 0 Å². The van der Waals surface area contributed by atoms with Gasteiger partial charge in [-0.3, -0.25) is 0 Å². The summed E-state index contributed by atoms with van der Waals surface area (Å²) in [6.07, 6.45) is 9.84. The number of fused-ring (bicyclic) bond motifs is 2. The van der Waals surface area contributed by atoms with E-state index in [1.54, 1.807) is 0 Å². The van der Waals surface area contributed by atoms with Gasteiger partial charge >= 0.3 is 0 Å². The van der Waals surface area contributed by atoms with Crippen molar-refractivity contribution in [1.29, 1.82) is 0 Å². The van der Waals surface area contributed by atoms with Gasteiger partial charge in [0.1, 0.15) is 0 Å². The summed E-state index contributed by atoms with van der Waals surface area (Å²) >= 11 is 0. The van der Waals surface area contributed by atoms with Crippen molar-refractivity contribution in [3.8, 4) is 0 Å². The van der Waals surface area contributed by atoms with E-state index in [0.717, 1.165) is 29.4 Å². The van der Waals surface area contributed by atoms with Crippen LogP contribution in [0.4, 0.5) is 0 Å². The van der Waals surface area contributed by atoms with Crippen molar-refractivity contribution < 1.29 is 0 Å². The monoisotopic (exact) mass is 254 g/mol. The molecule has 1 radical (unpaired) electrons. The van der Waals surface area contributed by atoms with Gasteiger partial charge in [0.25, 0.3) is 0 Å². The van der Waals surface area contributed by atoms with Gasteiger partial charge in [0.2, 0.25) is 0 Å². The minimum absolute atomic E-state index is 0.486. The van der Waals surface area contributed by atoms with E-state index in [2.05, 4.69) is 39.8 Å². The maximum atomic E-state index is 4.41. The zero-order chi connectivity index (χ0) is 12.7. The second kappa shape index (κ2) is 4.64. The predicted octanol–water partition coefficient (Wildman–Crippen LogP) is 3.20. The molecule has 3 nitrogen and oxygen atoms in total. The lowest BCUT2D eigenvalue weighted by Gasteiger charge is -2.42. The van der Waals surface area contributed by atoms with Crippen LogP contribution in [0.3, 0.4) is 0 Å². The number of aromatic nitrogens is 2. The van der Waals surface area contributed by atoms with E-state index >= 15 is 0 Å². The molecular weight excluding hydrogens is 234 g/mol. The summed E-state index contributed by atoms with van der Waals surface area (Å²) in [7, 11) is 0. The number of aromatic amines is 1. The first-order valence-electron chi connectivity index (χ1n) is 7.51. The third kappa shape index (κ3) is 1.88. The molecule has 0 spiro atoms. The van der Waals surface area contributed by atoms with E-state index in [4.69, 9.17) is 0 Å². The fourth-order valence-electron chi connectivity index (χ4n) is 4.13. The number of H-pyrrole nitrogens is 1. The highest BCUT2D eigenvalue weighted by molar-refractivity contribution is 5.78. The molecule has 4 rings (SSSR count). The Labute approximate surface area is 113 Å². The van der Waals surface area contributed by atoms with Crippen LogP contribution in [0.25, 0.3) is 11.0 Å². The first-order valence-corrected chi connectivity index (χ1v) is 7.51. The number of benzene rings is 1. The number of rotatable bonds is 1. The Hall–Kier alpha value is -1.35. The van der Waals surface area contributed by atoms with Crippen LogP contribution in [0, 0.1) is 18.2 Å². The Bertz CT molecular complexity index is 572. The number of nitrogens with zero attached hydrogens (tertiary/aromatic N) is 1. The maximum absolute atomic E-state index is 4.41. The summed E-state index contributed by atoms with van der Waals surface area (Å²) < 4.78 is 0. The average molecular weight is 254 g/mol. The zero-order valence-corrected chi connectivity index (χ0v) is 11.2. The molecule has 99 valence electrons. The molecule has 2 fully saturated rings. The molecule has 1 aromatic heterocycles. The Balaban J connectivity index is 1.75. The zero-order valence-electron chi connectivity index (χ0n) is 11.2. The normalized spacial score (nSPS) is 31.3. The van der Waals surface area contributed by atoms with Gasteiger partial charge in [-0.2, -0.15) is 0 Å². The molecule has 19 heavy (non-hydrogen) atoms. The third-order valence-corrected chi connectivity index (χ3v) is 5.04. The van der Waals surface area contributed by atoms with Crippen LogP contribution in [-0.4, -0.2) is 16.5 Å². The Morgan fingerprint density at radius 1 is 1.16 bits per heavy atom. The van der Waals surface area contributed by atoms with E-state index in [1.807, 2.05) is 0 Å². The van der Waals surface area contributed by atoms with Crippen molar-refractivity contribution in [3.63, 3.8) is 0 Å². The van der Waals surface area contributed by atoms with Crippen LogP contribution >= 0.6 is 0 Å². The van der Waals surface area contributed by atoms with E-state index in [0.29, 0.717) is 6.04 Å². The molecule has 1 aromatic carbocycles. The quantitative estimate of drug-likeness (QED) is 0.820. The largest absolute Gasteiger partial charge is 0.335 e. The molecule has 1 aliphatic carbocycles. The summed E-state index contributed by atoms with van der Waals surface area (Å²) in [5.41, 5.74) is 3.58. The van der Waals surface area contributed by atoms with Crippen molar-refractivity contribution in [2.24, 2.45) is 11.8 Å². The standard InChI is InChI=1S/C16H20N3/c1-2-5-12-11(4-1)8-9-17-15(12)13-6-3-7-14-16(13)19-10-18-14/h3,6-7,11-12,15,17H,1-2,4-5,8-9H2,(H,18,19). The van der Waals surface area contributed by atoms with Crippen molar-refractivity contribution in [1.82, 2.24) is 15.3 Å². The van der Waals surface area contributed by atoms with Crippen LogP contribution in [-0.2, 0) is 0 Å². The van der Waals surface area contributed by atoms with Crippen LogP contribution in [0.15, 0.2) is 18.2 Å². The lowest BCUT2D eigenvalue weighted by Crippen LogP contribution is -2.41. The fraction of sp³-hybridized carbons (Fsp3) is 0.562. The molecule has 0 amide bonds. The minimum atomic E-state index is 0.486. The summed E-state index contributed by atoms with van der Waals surface area (Å²) in [5.74, 6) is 1.71. The van der Waals surface area contributed by atoms with E-state index < -0.39 is 0 Å². The number of hydrogen-bond acceptors (Lipinski definition) is 2. The summed E-state index contributed by atoms with van der Waals surface area (Å²) in [4.78, 5) is 7.52.